The van der Waals surface area contributed by atoms with E-state index in [0.717, 1.165) is 42.0 Å². The number of nitrogens with zero attached hydrogens (tertiary/aromatic N) is 1. The highest BCUT2D eigenvalue weighted by Gasteiger charge is 2.29. The van der Waals surface area contributed by atoms with Gasteiger partial charge in [-0.3, -0.25) is 4.99 Å². The molecule has 1 heterocycles. The lowest BCUT2D eigenvalue weighted by Crippen LogP contribution is -2.45. The van der Waals surface area contributed by atoms with Crippen molar-refractivity contribution in [3.05, 3.63) is 22.2 Å². The van der Waals surface area contributed by atoms with Crippen LogP contribution in [0.1, 0.15) is 25.3 Å². The van der Waals surface area contributed by atoms with E-state index < -0.39 is 0 Å². The molecule has 0 spiro atoms. The minimum Gasteiger partial charge on any atom is -0.493 e. The lowest BCUT2D eigenvalue weighted by atomic mass is 10.0. The van der Waals surface area contributed by atoms with E-state index in [9.17, 15) is 0 Å². The summed E-state index contributed by atoms with van der Waals surface area (Å²) >= 11 is 3.51. The van der Waals surface area contributed by atoms with E-state index in [4.69, 9.17) is 14.2 Å². The highest BCUT2D eigenvalue weighted by atomic mass is 127. The van der Waals surface area contributed by atoms with Crippen molar-refractivity contribution in [2.24, 2.45) is 4.99 Å². The molecule has 1 aromatic rings. The quantitative estimate of drug-likeness (QED) is 0.337. The van der Waals surface area contributed by atoms with Gasteiger partial charge in [0.15, 0.2) is 17.5 Å². The molecular formula is C17H27BrIN3O3. The van der Waals surface area contributed by atoms with Crippen LogP contribution in [0.2, 0.25) is 0 Å². The maximum Gasteiger partial charge on any atom is 0.191 e. The van der Waals surface area contributed by atoms with Gasteiger partial charge < -0.3 is 24.8 Å². The van der Waals surface area contributed by atoms with Crippen molar-refractivity contribution in [3.8, 4) is 11.5 Å². The maximum absolute atomic E-state index is 5.79. The van der Waals surface area contributed by atoms with Crippen LogP contribution in [0.4, 0.5) is 0 Å². The number of hydrogen-bond donors (Lipinski definition) is 2. The summed E-state index contributed by atoms with van der Waals surface area (Å²) in [7, 11) is 5.01. The van der Waals surface area contributed by atoms with Crippen LogP contribution in [0.15, 0.2) is 21.6 Å². The number of methoxy groups -OCH3 is 2. The Kier molecular flexibility index (Phi) is 9.29. The number of rotatable bonds is 6. The van der Waals surface area contributed by atoms with Gasteiger partial charge in [0.1, 0.15) is 0 Å². The van der Waals surface area contributed by atoms with Gasteiger partial charge in [-0.1, -0.05) is 0 Å². The number of hydrogen-bond acceptors (Lipinski definition) is 4. The number of benzene rings is 1. The van der Waals surface area contributed by atoms with Gasteiger partial charge >= 0.3 is 0 Å². The zero-order valence-corrected chi connectivity index (χ0v) is 19.1. The normalized spacial score (nSPS) is 20.0. The van der Waals surface area contributed by atoms with Crippen LogP contribution >= 0.6 is 39.9 Å². The largest absolute Gasteiger partial charge is 0.493 e. The molecule has 142 valence electrons. The molecule has 25 heavy (non-hydrogen) atoms. The summed E-state index contributed by atoms with van der Waals surface area (Å²) in [4.78, 5) is 4.27. The van der Waals surface area contributed by atoms with E-state index in [-0.39, 0.29) is 29.6 Å². The van der Waals surface area contributed by atoms with E-state index in [0.29, 0.717) is 18.0 Å². The molecule has 1 saturated heterocycles. The molecule has 1 fully saturated rings. The van der Waals surface area contributed by atoms with E-state index in [1.807, 2.05) is 12.1 Å². The zero-order chi connectivity index (χ0) is 17.6. The third-order valence-electron chi connectivity index (χ3n) is 4.11. The molecule has 2 N–H and O–H groups in total. The van der Waals surface area contributed by atoms with Gasteiger partial charge in [0, 0.05) is 26.7 Å². The minimum absolute atomic E-state index is 0. The van der Waals surface area contributed by atoms with E-state index in [2.05, 4.69) is 38.5 Å². The number of ether oxygens (including phenoxy) is 3. The Morgan fingerprint density at radius 3 is 2.64 bits per heavy atom. The Morgan fingerprint density at radius 2 is 2.08 bits per heavy atom. The molecule has 0 radical (unpaired) electrons. The summed E-state index contributed by atoms with van der Waals surface area (Å²) in [6, 6.07) is 3.95. The minimum atomic E-state index is -0.107. The Morgan fingerprint density at radius 1 is 1.32 bits per heavy atom. The molecule has 1 aliphatic heterocycles. The lowest BCUT2D eigenvalue weighted by molar-refractivity contribution is 0.0243. The first kappa shape index (κ1) is 22.3. The van der Waals surface area contributed by atoms with Crippen LogP contribution in [-0.4, -0.2) is 46.0 Å². The first-order chi connectivity index (χ1) is 11.5. The van der Waals surface area contributed by atoms with Crippen LogP contribution < -0.4 is 20.1 Å². The second-order valence-electron chi connectivity index (χ2n) is 5.99. The van der Waals surface area contributed by atoms with E-state index in [1.165, 1.54) is 0 Å². The van der Waals surface area contributed by atoms with Crippen LogP contribution in [0, 0.1) is 0 Å². The third kappa shape index (κ3) is 6.18. The number of halogens is 2. The van der Waals surface area contributed by atoms with Gasteiger partial charge in [0.2, 0.25) is 0 Å². The molecular weight excluding hydrogens is 501 g/mol. The topological polar surface area (TPSA) is 64.1 Å². The summed E-state index contributed by atoms with van der Waals surface area (Å²) in [5, 5.41) is 6.64. The van der Waals surface area contributed by atoms with Gasteiger partial charge in [0.05, 0.1) is 24.3 Å². The predicted molar refractivity (Wildman–Crippen MR) is 114 cm³/mol. The van der Waals surface area contributed by atoms with Crippen molar-refractivity contribution >= 4 is 45.9 Å². The second kappa shape index (κ2) is 10.4. The zero-order valence-electron chi connectivity index (χ0n) is 15.1. The maximum atomic E-state index is 5.79. The average Bonchev–Trinajstić information content (AvgIpc) is 3.01. The van der Waals surface area contributed by atoms with Crippen LogP contribution in [0.3, 0.4) is 0 Å². The molecule has 6 nitrogen and oxygen atoms in total. The van der Waals surface area contributed by atoms with E-state index >= 15 is 0 Å². The molecule has 0 aromatic heterocycles. The Labute approximate surface area is 175 Å². The highest BCUT2D eigenvalue weighted by Crippen LogP contribution is 2.36. The molecule has 1 aromatic carbocycles. The fraction of sp³-hybridized carbons (Fsp3) is 0.588. The monoisotopic (exact) mass is 527 g/mol. The Hall–Kier alpha value is -0.740. The molecule has 8 heteroatoms. The van der Waals surface area contributed by atoms with Crippen molar-refractivity contribution in [3.63, 3.8) is 0 Å². The molecule has 1 unspecified atom stereocenters. The summed E-state index contributed by atoms with van der Waals surface area (Å²) in [5.74, 6) is 2.13. The molecule has 0 aliphatic carbocycles. The summed E-state index contributed by atoms with van der Waals surface area (Å²) in [6.45, 7) is 4.33. The smallest absolute Gasteiger partial charge is 0.191 e. The van der Waals surface area contributed by atoms with E-state index in [1.54, 1.807) is 21.3 Å². The second-order valence-corrected chi connectivity index (χ2v) is 6.85. The molecule has 0 bridgehead atoms. The summed E-state index contributed by atoms with van der Waals surface area (Å²) in [5.41, 5.74) is 0.954. The standard InChI is InChI=1S/C17H26BrN3O3.HI/c1-17(6-5-7-24-17)11-21-16(19-2)20-10-12-8-13(18)15(23-4)14(9-12)22-3;/h8-9H,5-7,10-11H2,1-4H3,(H2,19,20,21);1H. The van der Waals surface area contributed by atoms with Crippen molar-refractivity contribution in [1.29, 1.82) is 0 Å². The first-order valence-electron chi connectivity index (χ1n) is 8.00. The van der Waals surface area contributed by atoms with Crippen molar-refractivity contribution < 1.29 is 14.2 Å². The lowest BCUT2D eigenvalue weighted by Gasteiger charge is -2.24. The fourth-order valence-corrected chi connectivity index (χ4v) is 3.38. The first-order valence-corrected chi connectivity index (χ1v) is 8.79. The average molecular weight is 528 g/mol. The van der Waals surface area contributed by atoms with Gasteiger partial charge in [-0.25, -0.2) is 0 Å². The third-order valence-corrected chi connectivity index (χ3v) is 4.70. The van der Waals surface area contributed by atoms with Crippen molar-refractivity contribution in [2.45, 2.75) is 31.9 Å². The Bertz CT molecular complexity index is 593. The number of aliphatic imine (C=N–C) groups is 1. The highest BCUT2D eigenvalue weighted by molar-refractivity contribution is 14.0. The summed E-state index contributed by atoms with van der Waals surface area (Å²) < 4.78 is 17.4. The summed E-state index contributed by atoms with van der Waals surface area (Å²) in [6.07, 6.45) is 2.18. The van der Waals surface area contributed by atoms with Crippen molar-refractivity contribution in [1.82, 2.24) is 10.6 Å². The SMILES string of the molecule is CN=C(NCc1cc(Br)c(OC)c(OC)c1)NCC1(C)CCCO1.I. The molecule has 1 aliphatic rings. The Balaban J connectivity index is 0.00000312. The number of guanidine groups is 1. The fourth-order valence-electron chi connectivity index (χ4n) is 2.73. The molecule has 2 rings (SSSR count). The molecule has 0 amide bonds. The van der Waals surface area contributed by atoms with Gasteiger partial charge in [-0.05, 0) is 53.4 Å². The number of nitrogens with one attached hydrogen (secondary N) is 2. The van der Waals surface area contributed by atoms with Crippen LogP contribution in [0.25, 0.3) is 0 Å². The van der Waals surface area contributed by atoms with Gasteiger partial charge in [0.25, 0.3) is 0 Å². The van der Waals surface area contributed by atoms with Crippen LogP contribution in [0.5, 0.6) is 11.5 Å². The van der Waals surface area contributed by atoms with Gasteiger partial charge in [-0.15, -0.1) is 24.0 Å². The molecule has 0 saturated carbocycles. The van der Waals surface area contributed by atoms with Gasteiger partial charge in [-0.2, -0.15) is 0 Å². The van der Waals surface area contributed by atoms with Crippen molar-refractivity contribution in [2.75, 3.05) is 34.4 Å². The predicted octanol–water partition coefficient (Wildman–Crippen LogP) is 3.32. The van der Waals surface area contributed by atoms with Crippen LogP contribution in [-0.2, 0) is 11.3 Å². The molecule has 1 atom stereocenters.